The van der Waals surface area contributed by atoms with Crippen LogP contribution in [0.25, 0.3) is 0 Å². The maximum atomic E-state index is 12.3. The van der Waals surface area contributed by atoms with E-state index < -0.39 is 21.9 Å². The normalized spacial score (nSPS) is 15.2. The maximum Gasteiger partial charge on any atom is 0.338 e. The summed E-state index contributed by atoms with van der Waals surface area (Å²) in [6.07, 6.45) is 0. The van der Waals surface area contributed by atoms with E-state index in [9.17, 15) is 18.0 Å². The predicted octanol–water partition coefficient (Wildman–Crippen LogP) is 2.34. The molecule has 0 bridgehead atoms. The van der Waals surface area contributed by atoms with Crippen LogP contribution in [0.5, 0.6) is 0 Å². The molecule has 0 N–H and O–H groups in total. The van der Waals surface area contributed by atoms with E-state index in [4.69, 9.17) is 16.3 Å². The average molecular weight is 366 g/mol. The number of nitrogens with zero attached hydrogens (tertiary/aromatic N) is 1. The van der Waals surface area contributed by atoms with Crippen molar-refractivity contribution in [2.75, 3.05) is 13.2 Å². The first kappa shape index (κ1) is 16.5. The summed E-state index contributed by atoms with van der Waals surface area (Å²) < 4.78 is 30.4. The van der Waals surface area contributed by atoms with Gasteiger partial charge in [-0.1, -0.05) is 29.8 Å². The van der Waals surface area contributed by atoms with Crippen molar-refractivity contribution in [3.8, 4) is 0 Å². The van der Waals surface area contributed by atoms with E-state index in [0.29, 0.717) is 9.33 Å². The lowest BCUT2D eigenvalue weighted by Gasteiger charge is -2.15. The van der Waals surface area contributed by atoms with Gasteiger partial charge in [0.2, 0.25) is 0 Å². The molecule has 124 valence electrons. The van der Waals surface area contributed by atoms with Crippen LogP contribution in [0.1, 0.15) is 20.7 Å². The van der Waals surface area contributed by atoms with E-state index in [1.807, 2.05) is 0 Å². The van der Waals surface area contributed by atoms with Gasteiger partial charge in [-0.15, -0.1) is 0 Å². The first-order chi connectivity index (χ1) is 11.4. The van der Waals surface area contributed by atoms with Crippen LogP contribution in [-0.2, 0) is 14.8 Å². The van der Waals surface area contributed by atoms with Gasteiger partial charge < -0.3 is 4.74 Å². The number of esters is 1. The third kappa shape index (κ3) is 2.88. The van der Waals surface area contributed by atoms with E-state index in [1.54, 1.807) is 24.3 Å². The van der Waals surface area contributed by atoms with Gasteiger partial charge in [0.05, 0.1) is 17.7 Å². The molecule has 2 aromatic carbocycles. The van der Waals surface area contributed by atoms with E-state index in [0.717, 1.165) is 0 Å². The molecule has 6 nitrogen and oxygen atoms in total. The fourth-order valence-corrected chi connectivity index (χ4v) is 4.12. The molecule has 0 aromatic heterocycles. The second-order valence-corrected chi connectivity index (χ2v) is 7.29. The zero-order chi connectivity index (χ0) is 17.3. The third-order valence-corrected chi connectivity index (χ3v) is 5.58. The van der Waals surface area contributed by atoms with E-state index in [2.05, 4.69) is 0 Å². The molecule has 1 heterocycles. The molecule has 8 heteroatoms. The molecule has 0 unspecified atom stereocenters. The van der Waals surface area contributed by atoms with E-state index in [-0.39, 0.29) is 29.2 Å². The Morgan fingerprint density at radius 1 is 1.12 bits per heavy atom. The van der Waals surface area contributed by atoms with Gasteiger partial charge in [0, 0.05) is 5.02 Å². The number of sulfonamides is 1. The average Bonchev–Trinajstić information content (AvgIpc) is 2.76. The van der Waals surface area contributed by atoms with Crippen LogP contribution in [-0.4, -0.2) is 37.8 Å². The van der Waals surface area contributed by atoms with Gasteiger partial charge in [-0.05, 0) is 30.3 Å². The molecule has 1 amide bonds. The lowest BCUT2D eigenvalue weighted by Crippen LogP contribution is -2.33. The molecule has 0 spiro atoms. The lowest BCUT2D eigenvalue weighted by atomic mass is 10.2. The van der Waals surface area contributed by atoms with Gasteiger partial charge in [0.1, 0.15) is 11.5 Å². The van der Waals surface area contributed by atoms with Gasteiger partial charge in [-0.3, -0.25) is 4.79 Å². The third-order valence-electron chi connectivity index (χ3n) is 3.50. The second-order valence-electron chi connectivity index (χ2n) is 5.02. The van der Waals surface area contributed by atoms with Crippen LogP contribution in [0.2, 0.25) is 5.02 Å². The van der Waals surface area contributed by atoms with Crippen LogP contribution >= 0.6 is 11.6 Å². The minimum atomic E-state index is -3.89. The van der Waals surface area contributed by atoms with Crippen molar-refractivity contribution in [3.05, 3.63) is 64.7 Å². The fourth-order valence-electron chi connectivity index (χ4n) is 2.37. The highest BCUT2D eigenvalue weighted by molar-refractivity contribution is 7.90. The van der Waals surface area contributed by atoms with Crippen molar-refractivity contribution in [2.24, 2.45) is 0 Å². The number of hydrogen-bond acceptors (Lipinski definition) is 5. The summed E-state index contributed by atoms with van der Waals surface area (Å²) in [4.78, 5) is 24.1. The number of halogens is 1. The zero-order valence-corrected chi connectivity index (χ0v) is 13.9. The number of carbonyl (C=O) groups is 2. The summed E-state index contributed by atoms with van der Waals surface area (Å²) in [5, 5.41) is 0.386. The molecule has 24 heavy (non-hydrogen) atoms. The molecule has 1 aliphatic heterocycles. The summed E-state index contributed by atoms with van der Waals surface area (Å²) in [6.45, 7) is -0.494. The maximum absolute atomic E-state index is 12.3. The quantitative estimate of drug-likeness (QED) is 0.777. The Labute approximate surface area is 143 Å². The first-order valence-electron chi connectivity index (χ1n) is 7.00. The van der Waals surface area contributed by atoms with Crippen molar-refractivity contribution < 1.29 is 22.7 Å². The molecule has 1 aliphatic rings. The molecule has 0 saturated carbocycles. The molecule has 0 radical (unpaired) electrons. The number of carbonyl (C=O) groups excluding carboxylic acids is 2. The first-order valence-corrected chi connectivity index (χ1v) is 8.82. The van der Waals surface area contributed by atoms with Gasteiger partial charge in [-0.25, -0.2) is 17.5 Å². The van der Waals surface area contributed by atoms with Gasteiger partial charge in [0.15, 0.2) is 0 Å². The Morgan fingerprint density at radius 3 is 2.58 bits per heavy atom. The minimum Gasteiger partial charge on any atom is -0.460 e. The largest absolute Gasteiger partial charge is 0.460 e. The topological polar surface area (TPSA) is 80.8 Å². The Hall–Kier alpha value is -2.38. The van der Waals surface area contributed by atoms with Crippen molar-refractivity contribution in [2.45, 2.75) is 4.90 Å². The minimum absolute atomic E-state index is 0.0313. The van der Waals surface area contributed by atoms with Crippen molar-refractivity contribution >= 4 is 33.5 Å². The van der Waals surface area contributed by atoms with Gasteiger partial charge in [-0.2, -0.15) is 0 Å². The molecular formula is C16H12ClNO5S. The second kappa shape index (κ2) is 6.26. The highest BCUT2D eigenvalue weighted by Gasteiger charge is 2.40. The molecule has 0 fully saturated rings. The summed E-state index contributed by atoms with van der Waals surface area (Å²) in [5.74, 6) is -1.26. The summed E-state index contributed by atoms with van der Waals surface area (Å²) in [6, 6.07) is 12.2. The zero-order valence-electron chi connectivity index (χ0n) is 12.3. The van der Waals surface area contributed by atoms with Crippen molar-refractivity contribution in [1.29, 1.82) is 0 Å². The standard InChI is InChI=1S/C16H12ClNO5S/c17-12-5-3-4-11(10-12)16(20)23-9-8-18-15(19)13-6-1-2-7-14(13)24(18,21)22/h1-7,10H,8-9H2. The Bertz CT molecular complexity index is 926. The Kier molecular flexibility index (Phi) is 4.29. The molecule has 2 aromatic rings. The summed E-state index contributed by atoms with van der Waals surface area (Å²) in [7, 11) is -3.89. The number of amides is 1. The van der Waals surface area contributed by atoms with Gasteiger partial charge >= 0.3 is 5.97 Å². The summed E-state index contributed by atoms with van der Waals surface area (Å²) >= 11 is 5.79. The SMILES string of the molecule is O=C(OCCN1C(=O)c2ccccc2S1(=O)=O)c1cccc(Cl)c1. The Balaban J connectivity index is 1.68. The van der Waals surface area contributed by atoms with Crippen LogP contribution in [0, 0.1) is 0 Å². The number of benzene rings is 2. The monoisotopic (exact) mass is 365 g/mol. The van der Waals surface area contributed by atoms with Crippen LogP contribution < -0.4 is 0 Å². The molecule has 0 saturated heterocycles. The summed E-state index contributed by atoms with van der Waals surface area (Å²) in [5.41, 5.74) is 0.375. The molecule has 0 atom stereocenters. The highest BCUT2D eigenvalue weighted by atomic mass is 35.5. The fraction of sp³-hybridized carbons (Fsp3) is 0.125. The number of ether oxygens (including phenoxy) is 1. The number of hydrogen-bond donors (Lipinski definition) is 0. The smallest absolute Gasteiger partial charge is 0.338 e. The van der Waals surface area contributed by atoms with Crippen LogP contribution in [0.3, 0.4) is 0 Å². The highest BCUT2D eigenvalue weighted by Crippen LogP contribution is 2.29. The van der Waals surface area contributed by atoms with Crippen LogP contribution in [0.4, 0.5) is 0 Å². The van der Waals surface area contributed by atoms with E-state index >= 15 is 0 Å². The lowest BCUT2D eigenvalue weighted by molar-refractivity contribution is 0.0477. The van der Waals surface area contributed by atoms with Crippen molar-refractivity contribution in [1.82, 2.24) is 4.31 Å². The van der Waals surface area contributed by atoms with Crippen molar-refractivity contribution in [3.63, 3.8) is 0 Å². The van der Waals surface area contributed by atoms with E-state index in [1.165, 1.54) is 24.3 Å². The Morgan fingerprint density at radius 2 is 1.88 bits per heavy atom. The number of fused-ring (bicyclic) bond motifs is 1. The van der Waals surface area contributed by atoms with Crippen LogP contribution in [0.15, 0.2) is 53.4 Å². The molecule has 0 aliphatic carbocycles. The number of rotatable bonds is 4. The predicted molar refractivity (Wildman–Crippen MR) is 86.4 cm³/mol. The molecular weight excluding hydrogens is 354 g/mol. The molecule has 3 rings (SSSR count). The van der Waals surface area contributed by atoms with Gasteiger partial charge in [0.25, 0.3) is 15.9 Å².